The number of hydrogen-bond acceptors (Lipinski definition) is 6. The number of aryl methyl sites for hydroxylation is 2. The summed E-state index contributed by atoms with van der Waals surface area (Å²) in [5.41, 5.74) is 1.47. The highest BCUT2D eigenvalue weighted by molar-refractivity contribution is 5.92. The summed E-state index contributed by atoms with van der Waals surface area (Å²) in [6.45, 7) is 7.05. The van der Waals surface area contributed by atoms with Gasteiger partial charge in [-0.25, -0.2) is 4.98 Å². The van der Waals surface area contributed by atoms with Gasteiger partial charge in [0, 0.05) is 51.2 Å². The topological polar surface area (TPSA) is 76.4 Å². The van der Waals surface area contributed by atoms with Crippen molar-refractivity contribution in [2.24, 2.45) is 7.05 Å². The third-order valence-corrected chi connectivity index (χ3v) is 4.09. The quantitative estimate of drug-likeness (QED) is 0.828. The standard InChI is InChI=1S/C16H22N6O2/c1-4-24-14-5-6-17-16(18-14)22-9-7-21(8-10-22)15(23)13-11-12(2)20(3)19-13/h5-6,11H,4,7-10H2,1-3H3. The molecule has 0 aromatic carbocycles. The van der Waals surface area contributed by atoms with Crippen LogP contribution < -0.4 is 9.64 Å². The van der Waals surface area contributed by atoms with Gasteiger partial charge in [-0.1, -0.05) is 0 Å². The molecular formula is C16H22N6O2. The molecule has 1 aliphatic rings. The molecule has 0 saturated carbocycles. The summed E-state index contributed by atoms with van der Waals surface area (Å²) in [6.07, 6.45) is 1.70. The highest BCUT2D eigenvalue weighted by Gasteiger charge is 2.25. The molecule has 0 spiro atoms. The van der Waals surface area contributed by atoms with Gasteiger partial charge in [-0.3, -0.25) is 9.48 Å². The summed E-state index contributed by atoms with van der Waals surface area (Å²) in [7, 11) is 1.84. The van der Waals surface area contributed by atoms with Crippen LogP contribution in [0.3, 0.4) is 0 Å². The van der Waals surface area contributed by atoms with Gasteiger partial charge in [0.25, 0.3) is 5.91 Å². The van der Waals surface area contributed by atoms with E-state index >= 15 is 0 Å². The summed E-state index contributed by atoms with van der Waals surface area (Å²) in [5.74, 6) is 1.19. The van der Waals surface area contributed by atoms with Crippen LogP contribution in [-0.2, 0) is 7.05 Å². The van der Waals surface area contributed by atoms with Gasteiger partial charge in [0.1, 0.15) is 0 Å². The molecule has 1 aliphatic heterocycles. The van der Waals surface area contributed by atoms with E-state index in [1.54, 1.807) is 16.9 Å². The Bertz CT molecular complexity index is 702. The van der Waals surface area contributed by atoms with E-state index in [1.165, 1.54) is 0 Å². The van der Waals surface area contributed by atoms with Crippen molar-refractivity contribution in [2.45, 2.75) is 13.8 Å². The third kappa shape index (κ3) is 3.32. The van der Waals surface area contributed by atoms with E-state index in [1.807, 2.05) is 31.9 Å². The number of ether oxygens (including phenoxy) is 1. The van der Waals surface area contributed by atoms with Crippen LogP contribution in [0.2, 0.25) is 0 Å². The fraction of sp³-hybridized carbons (Fsp3) is 0.500. The SMILES string of the molecule is CCOc1ccnc(N2CCN(C(=O)c3cc(C)n(C)n3)CC2)n1. The molecule has 2 aromatic rings. The minimum Gasteiger partial charge on any atom is -0.478 e. The van der Waals surface area contributed by atoms with Crippen molar-refractivity contribution in [1.29, 1.82) is 0 Å². The molecular weight excluding hydrogens is 308 g/mol. The molecule has 1 fully saturated rings. The average Bonchev–Trinajstić information content (AvgIpc) is 2.94. The number of carbonyl (C=O) groups is 1. The molecule has 0 bridgehead atoms. The maximum Gasteiger partial charge on any atom is 0.274 e. The van der Waals surface area contributed by atoms with E-state index in [-0.39, 0.29) is 5.91 Å². The van der Waals surface area contributed by atoms with Gasteiger partial charge in [-0.15, -0.1) is 0 Å². The normalized spacial score (nSPS) is 14.8. The Kier molecular flexibility index (Phi) is 4.64. The van der Waals surface area contributed by atoms with Crippen molar-refractivity contribution in [1.82, 2.24) is 24.6 Å². The Balaban J connectivity index is 1.63. The van der Waals surface area contributed by atoms with Crippen LogP contribution in [0, 0.1) is 6.92 Å². The van der Waals surface area contributed by atoms with Crippen LogP contribution in [0.1, 0.15) is 23.1 Å². The number of amides is 1. The highest BCUT2D eigenvalue weighted by atomic mass is 16.5. The molecule has 1 amide bonds. The van der Waals surface area contributed by atoms with Crippen LogP contribution in [0.5, 0.6) is 5.88 Å². The molecule has 24 heavy (non-hydrogen) atoms. The van der Waals surface area contributed by atoms with Crippen molar-refractivity contribution >= 4 is 11.9 Å². The fourth-order valence-electron chi connectivity index (χ4n) is 2.65. The molecule has 0 unspecified atom stereocenters. The van der Waals surface area contributed by atoms with E-state index in [9.17, 15) is 4.79 Å². The second kappa shape index (κ2) is 6.86. The van der Waals surface area contributed by atoms with Crippen LogP contribution in [-0.4, -0.2) is 63.3 Å². The second-order valence-electron chi connectivity index (χ2n) is 5.70. The van der Waals surface area contributed by atoms with Gasteiger partial charge in [0.15, 0.2) is 5.69 Å². The third-order valence-electron chi connectivity index (χ3n) is 4.09. The van der Waals surface area contributed by atoms with Crippen LogP contribution in [0.25, 0.3) is 0 Å². The first-order chi connectivity index (χ1) is 11.6. The minimum atomic E-state index is -0.0256. The van der Waals surface area contributed by atoms with Crippen molar-refractivity contribution < 1.29 is 9.53 Å². The lowest BCUT2D eigenvalue weighted by Crippen LogP contribution is -2.49. The lowest BCUT2D eigenvalue weighted by Gasteiger charge is -2.34. The van der Waals surface area contributed by atoms with Gasteiger partial charge in [-0.2, -0.15) is 10.1 Å². The first-order valence-electron chi connectivity index (χ1n) is 8.09. The van der Waals surface area contributed by atoms with Crippen molar-refractivity contribution in [3.63, 3.8) is 0 Å². The molecule has 8 nitrogen and oxygen atoms in total. The van der Waals surface area contributed by atoms with Crippen LogP contribution in [0.4, 0.5) is 5.95 Å². The first kappa shape index (κ1) is 16.2. The molecule has 2 aromatic heterocycles. The zero-order valence-electron chi connectivity index (χ0n) is 14.3. The highest BCUT2D eigenvalue weighted by Crippen LogP contribution is 2.16. The van der Waals surface area contributed by atoms with E-state index in [0.717, 1.165) is 5.69 Å². The second-order valence-corrected chi connectivity index (χ2v) is 5.70. The number of nitrogens with zero attached hydrogens (tertiary/aromatic N) is 6. The Labute approximate surface area is 141 Å². The summed E-state index contributed by atoms with van der Waals surface area (Å²) in [5, 5.41) is 4.27. The van der Waals surface area contributed by atoms with Gasteiger partial charge in [0.05, 0.1) is 6.61 Å². The Morgan fingerprint density at radius 3 is 2.67 bits per heavy atom. The minimum absolute atomic E-state index is 0.0256. The number of hydrogen-bond donors (Lipinski definition) is 0. The smallest absolute Gasteiger partial charge is 0.274 e. The average molecular weight is 330 g/mol. The predicted octanol–water partition coefficient (Wildman–Crippen LogP) is 0.880. The largest absolute Gasteiger partial charge is 0.478 e. The van der Waals surface area contributed by atoms with Gasteiger partial charge < -0.3 is 14.5 Å². The molecule has 0 aliphatic carbocycles. The monoisotopic (exact) mass is 330 g/mol. The predicted molar refractivity (Wildman–Crippen MR) is 89.3 cm³/mol. The van der Waals surface area contributed by atoms with Crippen LogP contribution in [0.15, 0.2) is 18.3 Å². The summed E-state index contributed by atoms with van der Waals surface area (Å²) in [6, 6.07) is 3.57. The first-order valence-corrected chi connectivity index (χ1v) is 8.09. The molecule has 0 N–H and O–H groups in total. The van der Waals surface area contributed by atoms with E-state index in [4.69, 9.17) is 4.74 Å². The fourth-order valence-corrected chi connectivity index (χ4v) is 2.65. The number of aromatic nitrogens is 4. The summed E-state index contributed by atoms with van der Waals surface area (Å²) >= 11 is 0. The van der Waals surface area contributed by atoms with E-state index in [2.05, 4.69) is 20.0 Å². The maximum absolute atomic E-state index is 12.5. The van der Waals surface area contributed by atoms with Crippen LogP contribution >= 0.6 is 0 Å². The van der Waals surface area contributed by atoms with Crippen molar-refractivity contribution in [3.05, 3.63) is 29.7 Å². The van der Waals surface area contributed by atoms with Crippen molar-refractivity contribution in [3.8, 4) is 5.88 Å². The molecule has 128 valence electrons. The summed E-state index contributed by atoms with van der Waals surface area (Å²) < 4.78 is 7.13. The van der Waals surface area contributed by atoms with Gasteiger partial charge >= 0.3 is 0 Å². The van der Waals surface area contributed by atoms with E-state index in [0.29, 0.717) is 50.3 Å². The van der Waals surface area contributed by atoms with Gasteiger partial charge in [-0.05, 0) is 19.9 Å². The van der Waals surface area contributed by atoms with E-state index < -0.39 is 0 Å². The van der Waals surface area contributed by atoms with Crippen molar-refractivity contribution in [2.75, 3.05) is 37.7 Å². The molecule has 8 heteroatoms. The lowest BCUT2D eigenvalue weighted by molar-refractivity contribution is 0.0739. The zero-order chi connectivity index (χ0) is 17.1. The zero-order valence-corrected chi connectivity index (χ0v) is 14.3. The Morgan fingerprint density at radius 2 is 2.04 bits per heavy atom. The van der Waals surface area contributed by atoms with Gasteiger partial charge in [0.2, 0.25) is 11.8 Å². The molecule has 3 rings (SSSR count). The number of piperazine rings is 1. The number of anilines is 1. The summed E-state index contributed by atoms with van der Waals surface area (Å²) in [4.78, 5) is 25.1. The number of carbonyl (C=O) groups excluding carboxylic acids is 1. The number of rotatable bonds is 4. The Morgan fingerprint density at radius 1 is 1.29 bits per heavy atom. The molecule has 1 saturated heterocycles. The molecule has 0 radical (unpaired) electrons. The molecule has 0 atom stereocenters. The Hall–Kier alpha value is -2.64. The maximum atomic E-state index is 12.5. The lowest BCUT2D eigenvalue weighted by atomic mass is 10.2. The molecule has 3 heterocycles.